The molecular weight excluding hydrogens is 341 g/mol. The highest BCUT2D eigenvalue weighted by Crippen LogP contribution is 2.39. The molecule has 25 heavy (non-hydrogen) atoms. The van der Waals surface area contributed by atoms with Gasteiger partial charge < -0.3 is 14.4 Å². The lowest BCUT2D eigenvalue weighted by Crippen LogP contribution is -2.52. The summed E-state index contributed by atoms with van der Waals surface area (Å²) in [5.41, 5.74) is 3.16. The second kappa shape index (κ2) is 7.48. The Morgan fingerprint density at radius 2 is 2.12 bits per heavy atom. The molecule has 5 heteroatoms. The van der Waals surface area contributed by atoms with Crippen LogP contribution in [0.15, 0.2) is 41.6 Å². The summed E-state index contributed by atoms with van der Waals surface area (Å²) in [7, 11) is 1.73. The predicted octanol–water partition coefficient (Wildman–Crippen LogP) is 5.06. The maximum Gasteiger partial charge on any atom is 0.149 e. The van der Waals surface area contributed by atoms with E-state index in [-0.39, 0.29) is 24.2 Å². The number of methoxy groups -OCH3 is 1. The molecular formula is C20H25ClFNO2. The van der Waals surface area contributed by atoms with E-state index in [2.05, 4.69) is 30.9 Å². The molecule has 1 aromatic carbocycles. The van der Waals surface area contributed by atoms with Crippen molar-refractivity contribution in [2.75, 3.05) is 13.7 Å². The SMILES string of the molecule is COC1C=CC2=C(CCC2)N1C(C)(C)COCc1cc(F)ccc1Cl. The maximum absolute atomic E-state index is 13.4. The van der Waals surface area contributed by atoms with Crippen LogP contribution in [0.5, 0.6) is 0 Å². The number of hydrogen-bond acceptors (Lipinski definition) is 3. The van der Waals surface area contributed by atoms with Crippen LogP contribution in [0.1, 0.15) is 38.7 Å². The summed E-state index contributed by atoms with van der Waals surface area (Å²) in [5.74, 6) is -0.302. The van der Waals surface area contributed by atoms with Crippen LogP contribution in [-0.4, -0.2) is 30.4 Å². The average Bonchev–Trinajstić information content (AvgIpc) is 3.05. The van der Waals surface area contributed by atoms with E-state index in [0.717, 1.165) is 12.8 Å². The first-order chi connectivity index (χ1) is 11.9. The summed E-state index contributed by atoms with van der Waals surface area (Å²) in [4.78, 5) is 2.32. The number of benzene rings is 1. The Bertz CT molecular complexity index is 699. The Morgan fingerprint density at radius 1 is 1.32 bits per heavy atom. The van der Waals surface area contributed by atoms with Crippen molar-refractivity contribution in [3.05, 3.63) is 58.0 Å². The van der Waals surface area contributed by atoms with Crippen LogP contribution in [-0.2, 0) is 16.1 Å². The molecule has 0 N–H and O–H groups in total. The highest BCUT2D eigenvalue weighted by molar-refractivity contribution is 6.31. The maximum atomic E-state index is 13.4. The third-order valence-electron chi connectivity index (χ3n) is 4.85. The van der Waals surface area contributed by atoms with Gasteiger partial charge in [-0.1, -0.05) is 17.7 Å². The third kappa shape index (κ3) is 3.91. The minimum Gasteiger partial charge on any atom is -0.374 e. The fraction of sp³-hybridized carbons (Fsp3) is 0.500. The molecule has 1 aromatic rings. The Morgan fingerprint density at radius 3 is 2.88 bits per heavy atom. The Labute approximate surface area is 154 Å². The summed E-state index contributed by atoms with van der Waals surface area (Å²) >= 11 is 6.12. The van der Waals surface area contributed by atoms with Gasteiger partial charge >= 0.3 is 0 Å². The zero-order valence-electron chi connectivity index (χ0n) is 15.0. The van der Waals surface area contributed by atoms with Crippen molar-refractivity contribution < 1.29 is 13.9 Å². The molecule has 0 radical (unpaired) electrons. The molecule has 0 spiro atoms. The van der Waals surface area contributed by atoms with E-state index < -0.39 is 0 Å². The third-order valence-corrected chi connectivity index (χ3v) is 5.22. The first-order valence-corrected chi connectivity index (χ1v) is 9.04. The quantitative estimate of drug-likeness (QED) is 0.703. The van der Waals surface area contributed by atoms with Crippen molar-refractivity contribution >= 4 is 11.6 Å². The molecule has 0 amide bonds. The van der Waals surface area contributed by atoms with Crippen LogP contribution in [0.25, 0.3) is 0 Å². The number of ether oxygens (including phenoxy) is 2. The van der Waals surface area contributed by atoms with Crippen LogP contribution >= 0.6 is 11.6 Å². The minimum atomic E-state index is -0.302. The van der Waals surface area contributed by atoms with Crippen LogP contribution in [0.4, 0.5) is 4.39 Å². The lowest BCUT2D eigenvalue weighted by molar-refractivity contribution is -0.0662. The van der Waals surface area contributed by atoms with Gasteiger partial charge in [0.25, 0.3) is 0 Å². The van der Waals surface area contributed by atoms with E-state index in [1.165, 1.54) is 29.8 Å². The van der Waals surface area contributed by atoms with Gasteiger partial charge in [0.1, 0.15) is 12.0 Å². The average molecular weight is 366 g/mol. The highest BCUT2D eigenvalue weighted by atomic mass is 35.5. The van der Waals surface area contributed by atoms with Gasteiger partial charge in [-0.3, -0.25) is 0 Å². The van der Waals surface area contributed by atoms with Crippen LogP contribution in [0.2, 0.25) is 5.02 Å². The molecule has 1 aliphatic heterocycles. The van der Waals surface area contributed by atoms with E-state index in [0.29, 0.717) is 17.2 Å². The molecule has 0 bridgehead atoms. The number of hydrogen-bond donors (Lipinski definition) is 0. The van der Waals surface area contributed by atoms with Gasteiger partial charge in [-0.2, -0.15) is 0 Å². The van der Waals surface area contributed by atoms with E-state index in [1.807, 2.05) is 0 Å². The standard InChI is InChI=1S/C20H25ClFNO2/c1-20(2,13-25-12-15-11-16(22)8-9-17(15)21)23-18-6-4-5-14(18)7-10-19(23)24-3/h7-11,19H,4-6,12-13H2,1-3H3. The van der Waals surface area contributed by atoms with Crippen molar-refractivity contribution in [1.29, 1.82) is 0 Å². The predicted molar refractivity (Wildman–Crippen MR) is 97.8 cm³/mol. The Hall–Kier alpha value is -1.36. The molecule has 136 valence electrons. The molecule has 1 atom stereocenters. The normalized spacial score (nSPS) is 20.4. The molecule has 0 aromatic heterocycles. The van der Waals surface area contributed by atoms with Gasteiger partial charge in [0.15, 0.2) is 0 Å². The molecule has 3 nitrogen and oxygen atoms in total. The van der Waals surface area contributed by atoms with Gasteiger partial charge in [0.2, 0.25) is 0 Å². The fourth-order valence-electron chi connectivity index (χ4n) is 3.67. The summed E-state index contributed by atoms with van der Waals surface area (Å²) in [6, 6.07) is 4.34. The fourth-order valence-corrected chi connectivity index (χ4v) is 3.84. The molecule has 1 unspecified atom stereocenters. The van der Waals surface area contributed by atoms with Crippen molar-refractivity contribution in [3.63, 3.8) is 0 Å². The Balaban J connectivity index is 1.70. The summed E-state index contributed by atoms with van der Waals surface area (Å²) in [6.45, 7) is 5.07. The van der Waals surface area contributed by atoms with Gasteiger partial charge in [-0.25, -0.2) is 4.39 Å². The van der Waals surface area contributed by atoms with Gasteiger partial charge in [-0.05, 0) is 68.5 Å². The number of halogens is 2. The number of allylic oxidation sites excluding steroid dienone is 3. The van der Waals surface area contributed by atoms with Crippen molar-refractivity contribution in [2.24, 2.45) is 0 Å². The van der Waals surface area contributed by atoms with Gasteiger partial charge in [0.05, 0.1) is 18.8 Å². The van der Waals surface area contributed by atoms with Crippen LogP contribution in [0.3, 0.4) is 0 Å². The Kier molecular flexibility index (Phi) is 5.52. The smallest absolute Gasteiger partial charge is 0.149 e. The van der Waals surface area contributed by atoms with Gasteiger partial charge in [0, 0.05) is 17.8 Å². The zero-order chi connectivity index (χ0) is 18.0. The van der Waals surface area contributed by atoms with Crippen molar-refractivity contribution in [2.45, 2.75) is 51.5 Å². The largest absolute Gasteiger partial charge is 0.374 e. The molecule has 0 saturated carbocycles. The summed E-state index contributed by atoms with van der Waals surface area (Å²) in [6.07, 6.45) is 7.57. The molecule has 0 fully saturated rings. The number of nitrogens with zero attached hydrogens (tertiary/aromatic N) is 1. The summed E-state index contributed by atoms with van der Waals surface area (Å²) in [5, 5.41) is 0.524. The van der Waals surface area contributed by atoms with Crippen LogP contribution in [0, 0.1) is 5.82 Å². The summed E-state index contributed by atoms with van der Waals surface area (Å²) < 4.78 is 25.0. The molecule has 1 aliphatic carbocycles. The van der Waals surface area contributed by atoms with E-state index in [1.54, 1.807) is 13.2 Å². The van der Waals surface area contributed by atoms with E-state index >= 15 is 0 Å². The molecule has 1 heterocycles. The van der Waals surface area contributed by atoms with Crippen molar-refractivity contribution in [1.82, 2.24) is 4.90 Å². The molecule has 0 saturated heterocycles. The first-order valence-electron chi connectivity index (χ1n) is 8.66. The lowest BCUT2D eigenvalue weighted by atomic mass is 9.98. The van der Waals surface area contributed by atoms with Gasteiger partial charge in [-0.15, -0.1) is 0 Å². The number of rotatable bonds is 6. The monoisotopic (exact) mass is 365 g/mol. The molecule has 3 rings (SSSR count). The topological polar surface area (TPSA) is 21.7 Å². The van der Waals surface area contributed by atoms with E-state index in [9.17, 15) is 4.39 Å². The second-order valence-corrected chi connectivity index (χ2v) is 7.63. The zero-order valence-corrected chi connectivity index (χ0v) is 15.8. The van der Waals surface area contributed by atoms with Crippen molar-refractivity contribution in [3.8, 4) is 0 Å². The first kappa shape index (κ1) is 18.4. The second-order valence-electron chi connectivity index (χ2n) is 7.22. The van der Waals surface area contributed by atoms with Crippen LogP contribution < -0.4 is 0 Å². The lowest BCUT2D eigenvalue weighted by Gasteiger charge is -2.46. The van der Waals surface area contributed by atoms with E-state index in [4.69, 9.17) is 21.1 Å². The highest BCUT2D eigenvalue weighted by Gasteiger charge is 2.37. The molecule has 2 aliphatic rings. The minimum absolute atomic E-state index is 0.0896.